The number of rotatable bonds is 12. The molecule has 0 radical (unpaired) electrons. The highest BCUT2D eigenvalue weighted by Gasteiger charge is 2.22. The van der Waals surface area contributed by atoms with E-state index in [2.05, 4.69) is 32.2 Å². The van der Waals surface area contributed by atoms with Crippen molar-refractivity contribution in [3.8, 4) is 22.5 Å². The third kappa shape index (κ3) is 6.71. The molecule has 204 valence electrons. The van der Waals surface area contributed by atoms with E-state index in [1.165, 1.54) is 0 Å². The van der Waals surface area contributed by atoms with E-state index in [0.29, 0.717) is 24.4 Å². The number of aromatic carboxylic acids is 1. The second-order valence-corrected chi connectivity index (χ2v) is 8.90. The Balaban J connectivity index is 1.56. The molecule has 0 aliphatic rings. The van der Waals surface area contributed by atoms with E-state index in [4.69, 9.17) is 22.0 Å². The van der Waals surface area contributed by atoms with Crippen molar-refractivity contribution in [2.75, 3.05) is 6.61 Å². The summed E-state index contributed by atoms with van der Waals surface area (Å²) in [5.41, 5.74) is 3.14. The standard InChI is InChI=1S/C25H26ClN7O6/c1-2-3-8-20-27-23(26)22(25(35)36)31(20)15-16-9-11-17(12-10-16)18-6-4-5-7-19(18)24-28-30-32(29-24)21(34)13-14-39-33(37)38/h4-7,9-12,37-38H,2-3,8,13-15H2,1H3,(H,35,36). The molecule has 13 nitrogen and oxygen atoms in total. The number of carboxylic acids is 1. The fourth-order valence-corrected chi connectivity index (χ4v) is 4.29. The molecule has 2 heterocycles. The Kier molecular flexibility index (Phi) is 9.11. The minimum atomic E-state index is -1.13. The Morgan fingerprint density at radius 3 is 2.46 bits per heavy atom. The molecule has 0 saturated heterocycles. The molecule has 0 aliphatic heterocycles. The van der Waals surface area contributed by atoms with E-state index in [-0.39, 0.29) is 29.7 Å². The normalized spacial score (nSPS) is 11.3. The van der Waals surface area contributed by atoms with Gasteiger partial charge in [-0.1, -0.05) is 78.3 Å². The number of hydrogen-bond acceptors (Lipinski definition) is 10. The first-order chi connectivity index (χ1) is 18.8. The van der Waals surface area contributed by atoms with Gasteiger partial charge >= 0.3 is 5.97 Å². The number of carbonyl (C=O) groups excluding carboxylic acids is 1. The van der Waals surface area contributed by atoms with Crippen molar-refractivity contribution in [3.63, 3.8) is 0 Å². The summed E-state index contributed by atoms with van der Waals surface area (Å²) in [4.78, 5) is 33.6. The minimum Gasteiger partial charge on any atom is -0.476 e. The van der Waals surface area contributed by atoms with Gasteiger partial charge in [-0.3, -0.25) is 20.0 Å². The summed E-state index contributed by atoms with van der Waals surface area (Å²) in [6.45, 7) is 2.07. The number of tetrazole rings is 1. The van der Waals surface area contributed by atoms with Gasteiger partial charge in [-0.25, -0.2) is 9.78 Å². The first-order valence-corrected chi connectivity index (χ1v) is 12.5. The van der Waals surface area contributed by atoms with Crippen LogP contribution >= 0.6 is 11.6 Å². The van der Waals surface area contributed by atoms with Gasteiger partial charge in [-0.2, -0.15) is 0 Å². The van der Waals surface area contributed by atoms with Crippen molar-refractivity contribution >= 4 is 23.5 Å². The number of benzene rings is 2. The quantitative estimate of drug-likeness (QED) is 0.216. The predicted octanol–water partition coefficient (Wildman–Crippen LogP) is 3.99. The molecule has 0 fully saturated rings. The van der Waals surface area contributed by atoms with Crippen molar-refractivity contribution in [2.24, 2.45) is 0 Å². The van der Waals surface area contributed by atoms with Crippen LogP contribution in [-0.2, 0) is 17.8 Å². The van der Waals surface area contributed by atoms with Crippen molar-refractivity contribution in [3.05, 3.63) is 70.8 Å². The molecule has 0 bridgehead atoms. The molecule has 4 rings (SSSR count). The zero-order valence-electron chi connectivity index (χ0n) is 20.9. The highest BCUT2D eigenvalue weighted by Crippen LogP contribution is 2.30. The van der Waals surface area contributed by atoms with E-state index in [1.807, 2.05) is 42.5 Å². The van der Waals surface area contributed by atoms with Gasteiger partial charge in [0.15, 0.2) is 10.8 Å². The molecule has 0 amide bonds. The van der Waals surface area contributed by atoms with Gasteiger partial charge < -0.3 is 9.67 Å². The second-order valence-electron chi connectivity index (χ2n) is 8.54. The van der Waals surface area contributed by atoms with Crippen LogP contribution in [0.1, 0.15) is 52.9 Å². The van der Waals surface area contributed by atoms with Crippen molar-refractivity contribution in [1.29, 1.82) is 0 Å². The first-order valence-electron chi connectivity index (χ1n) is 12.1. The molecule has 2 aromatic heterocycles. The molecule has 14 heteroatoms. The van der Waals surface area contributed by atoms with Crippen molar-refractivity contribution < 1.29 is 29.9 Å². The van der Waals surface area contributed by atoms with E-state index in [0.717, 1.165) is 34.3 Å². The first kappa shape index (κ1) is 28.0. The van der Waals surface area contributed by atoms with Gasteiger partial charge in [0.25, 0.3) is 5.91 Å². The number of nitrogens with zero attached hydrogens (tertiary/aromatic N) is 7. The molecule has 0 saturated carbocycles. The Morgan fingerprint density at radius 1 is 1.08 bits per heavy atom. The van der Waals surface area contributed by atoms with Crippen LogP contribution in [0.25, 0.3) is 22.5 Å². The largest absolute Gasteiger partial charge is 0.476 e. The molecule has 4 aromatic rings. The predicted molar refractivity (Wildman–Crippen MR) is 137 cm³/mol. The van der Waals surface area contributed by atoms with Gasteiger partial charge in [0.05, 0.1) is 18.4 Å². The summed E-state index contributed by atoms with van der Waals surface area (Å²) in [7, 11) is 0. The summed E-state index contributed by atoms with van der Waals surface area (Å²) < 4.78 is 1.65. The number of carbonyl (C=O) groups is 2. The van der Waals surface area contributed by atoms with Crippen LogP contribution in [0.4, 0.5) is 0 Å². The maximum Gasteiger partial charge on any atom is 0.355 e. The number of carboxylic acid groups (broad SMARTS) is 1. The highest BCUT2D eigenvalue weighted by atomic mass is 35.5. The van der Waals surface area contributed by atoms with Gasteiger partial charge in [0.2, 0.25) is 5.82 Å². The summed E-state index contributed by atoms with van der Waals surface area (Å²) in [5, 5.41) is 38.3. The monoisotopic (exact) mass is 555 g/mol. The number of halogens is 1. The van der Waals surface area contributed by atoms with Crippen molar-refractivity contribution in [1.82, 2.24) is 35.1 Å². The van der Waals surface area contributed by atoms with Gasteiger partial charge in [-0.15, -0.1) is 10.2 Å². The van der Waals surface area contributed by atoms with E-state index >= 15 is 0 Å². The van der Waals surface area contributed by atoms with Crippen LogP contribution in [0.5, 0.6) is 0 Å². The third-order valence-corrected chi connectivity index (χ3v) is 6.16. The third-order valence-electron chi connectivity index (χ3n) is 5.89. The molecule has 2 aromatic carbocycles. The Morgan fingerprint density at radius 2 is 1.79 bits per heavy atom. The molecule has 39 heavy (non-hydrogen) atoms. The molecule has 3 N–H and O–H groups in total. The minimum absolute atomic E-state index is 0.0190. The van der Waals surface area contributed by atoms with Crippen molar-refractivity contribution in [2.45, 2.75) is 39.2 Å². The van der Waals surface area contributed by atoms with Crippen LogP contribution in [-0.4, -0.2) is 69.2 Å². The van der Waals surface area contributed by atoms with Gasteiger partial charge in [0, 0.05) is 18.5 Å². The Bertz CT molecular complexity index is 1450. The Hall–Kier alpha value is -4.01. The van der Waals surface area contributed by atoms with E-state index < -0.39 is 17.3 Å². The summed E-state index contributed by atoms with van der Waals surface area (Å²) in [6.07, 6.45) is 2.23. The number of aryl methyl sites for hydroxylation is 1. The summed E-state index contributed by atoms with van der Waals surface area (Å²) >= 11 is 6.15. The molecule has 0 atom stereocenters. The van der Waals surface area contributed by atoms with Crippen LogP contribution in [0.15, 0.2) is 48.5 Å². The SMILES string of the molecule is CCCCc1nc(Cl)c(C(=O)O)n1Cc1ccc(-c2ccccc2-c2nnn(C(=O)CCON(O)O)n2)cc1. The molecule has 0 spiro atoms. The van der Waals surface area contributed by atoms with Gasteiger partial charge in [0.1, 0.15) is 5.82 Å². The fourth-order valence-electron chi connectivity index (χ4n) is 4.01. The highest BCUT2D eigenvalue weighted by molar-refractivity contribution is 6.32. The van der Waals surface area contributed by atoms with Crippen LogP contribution in [0.2, 0.25) is 5.15 Å². The number of imidazole rings is 1. The lowest BCUT2D eigenvalue weighted by Gasteiger charge is -2.12. The topological polar surface area (TPSA) is 169 Å². The maximum atomic E-state index is 12.2. The zero-order chi connectivity index (χ0) is 27.9. The molecule has 0 aliphatic carbocycles. The number of hydrogen-bond donors (Lipinski definition) is 3. The van der Waals surface area contributed by atoms with Crippen LogP contribution in [0, 0.1) is 0 Å². The number of unbranched alkanes of at least 4 members (excludes halogenated alkanes) is 1. The van der Waals surface area contributed by atoms with E-state index in [9.17, 15) is 14.7 Å². The zero-order valence-corrected chi connectivity index (χ0v) is 21.7. The lowest BCUT2D eigenvalue weighted by Crippen LogP contribution is -2.20. The smallest absolute Gasteiger partial charge is 0.355 e. The van der Waals surface area contributed by atoms with E-state index in [1.54, 1.807) is 10.6 Å². The maximum absolute atomic E-state index is 12.2. The average Bonchev–Trinajstić information content (AvgIpc) is 3.52. The number of aromatic nitrogens is 6. The summed E-state index contributed by atoms with van der Waals surface area (Å²) in [5.74, 6) is -0.809. The average molecular weight is 556 g/mol. The van der Waals surface area contributed by atoms with Crippen LogP contribution in [0.3, 0.4) is 0 Å². The lowest BCUT2D eigenvalue weighted by atomic mass is 9.98. The second kappa shape index (κ2) is 12.7. The lowest BCUT2D eigenvalue weighted by molar-refractivity contribution is -0.491. The Labute approximate surface area is 227 Å². The summed E-state index contributed by atoms with van der Waals surface area (Å²) in [6, 6.07) is 15.0. The molecular formula is C25H26ClN7O6. The van der Waals surface area contributed by atoms with Crippen LogP contribution < -0.4 is 0 Å². The molecular weight excluding hydrogens is 530 g/mol. The fraction of sp³-hybridized carbons (Fsp3) is 0.280. The molecule has 0 unspecified atom stereocenters. The van der Waals surface area contributed by atoms with Gasteiger partial charge in [-0.05, 0) is 28.3 Å².